The Kier molecular flexibility index (Phi) is 6.37. The normalized spacial score (nSPS) is 20.8. The number of carbonyl (C=O) groups excluding carboxylic acids is 1. The van der Waals surface area contributed by atoms with E-state index >= 15 is 0 Å². The van der Waals surface area contributed by atoms with Crippen molar-refractivity contribution in [3.8, 4) is 0 Å². The Hall–Kier alpha value is -0.650. The van der Waals surface area contributed by atoms with Gasteiger partial charge < -0.3 is 21.1 Å². The lowest BCUT2D eigenvalue weighted by Crippen LogP contribution is -2.29. The Balaban J connectivity index is 2.03. The number of nitrogens with one attached hydrogen (secondary N) is 1. The van der Waals surface area contributed by atoms with Gasteiger partial charge in [-0.2, -0.15) is 0 Å². The molecule has 1 saturated heterocycles. The van der Waals surface area contributed by atoms with Gasteiger partial charge >= 0.3 is 0 Å². The van der Waals surface area contributed by atoms with Crippen molar-refractivity contribution in [2.75, 3.05) is 39.3 Å². The van der Waals surface area contributed by atoms with Crippen LogP contribution in [0.1, 0.15) is 19.3 Å². The van der Waals surface area contributed by atoms with Crippen LogP contribution >= 0.6 is 0 Å². The molecule has 1 fully saturated rings. The average Bonchev–Trinajstić information content (AvgIpc) is 2.65. The number of nitrogens with two attached hydrogens (primary N) is 1. The quantitative estimate of drug-likeness (QED) is 0.474. The van der Waals surface area contributed by atoms with E-state index in [-0.39, 0.29) is 18.4 Å². The van der Waals surface area contributed by atoms with Crippen molar-refractivity contribution >= 4 is 5.91 Å². The summed E-state index contributed by atoms with van der Waals surface area (Å²) in [4.78, 5) is 13.3. The molecule has 4 N–H and O–H groups in total. The summed E-state index contributed by atoms with van der Waals surface area (Å²) < 4.78 is 0. The number of hydrogen-bond acceptors (Lipinski definition) is 4. The van der Waals surface area contributed by atoms with E-state index in [2.05, 4.69) is 5.32 Å². The first-order valence-electron chi connectivity index (χ1n) is 6.07. The fourth-order valence-electron chi connectivity index (χ4n) is 1.94. The fourth-order valence-corrected chi connectivity index (χ4v) is 1.94. The Bertz CT molecular complexity index is 211. The van der Waals surface area contributed by atoms with Gasteiger partial charge in [-0.15, -0.1) is 0 Å². The molecule has 1 aliphatic heterocycles. The number of carbonyl (C=O) groups is 1. The van der Waals surface area contributed by atoms with Crippen molar-refractivity contribution in [2.45, 2.75) is 19.3 Å². The van der Waals surface area contributed by atoms with Crippen molar-refractivity contribution in [3.05, 3.63) is 0 Å². The number of nitrogens with zero attached hydrogens (tertiary/aromatic N) is 1. The van der Waals surface area contributed by atoms with Gasteiger partial charge in [-0.25, -0.2) is 0 Å². The zero-order chi connectivity index (χ0) is 11.8. The van der Waals surface area contributed by atoms with E-state index in [0.29, 0.717) is 6.42 Å². The second-order valence-corrected chi connectivity index (χ2v) is 4.34. The minimum Gasteiger partial charge on any atom is -0.396 e. The Morgan fingerprint density at radius 3 is 2.81 bits per heavy atom. The number of aliphatic hydroxyl groups is 1. The van der Waals surface area contributed by atoms with Crippen molar-refractivity contribution in [3.63, 3.8) is 0 Å². The van der Waals surface area contributed by atoms with E-state index in [1.807, 2.05) is 4.90 Å². The predicted octanol–water partition coefficient (Wildman–Crippen LogP) is -0.844. The van der Waals surface area contributed by atoms with E-state index < -0.39 is 0 Å². The molecular formula is C11H23N3O2. The molecule has 0 aromatic heterocycles. The van der Waals surface area contributed by atoms with Gasteiger partial charge in [0.25, 0.3) is 0 Å². The first-order valence-corrected chi connectivity index (χ1v) is 6.07. The molecule has 0 saturated carbocycles. The molecular weight excluding hydrogens is 206 g/mol. The molecule has 1 amide bonds. The van der Waals surface area contributed by atoms with Gasteiger partial charge in [0.15, 0.2) is 0 Å². The maximum absolute atomic E-state index is 11.5. The highest BCUT2D eigenvalue weighted by molar-refractivity contribution is 5.78. The van der Waals surface area contributed by atoms with Crippen LogP contribution in [0.3, 0.4) is 0 Å². The Morgan fingerprint density at radius 1 is 1.44 bits per heavy atom. The molecule has 1 unspecified atom stereocenters. The van der Waals surface area contributed by atoms with E-state index in [1.165, 1.54) is 0 Å². The number of aliphatic hydroxyl groups excluding tert-OH is 1. The molecule has 0 spiro atoms. The fraction of sp³-hybridized carbons (Fsp3) is 0.909. The molecule has 0 radical (unpaired) electrons. The molecule has 16 heavy (non-hydrogen) atoms. The lowest BCUT2D eigenvalue weighted by atomic mass is 10.1. The summed E-state index contributed by atoms with van der Waals surface area (Å²) in [5.74, 6) is 0.332. The molecule has 5 heteroatoms. The van der Waals surface area contributed by atoms with Crippen molar-refractivity contribution in [2.24, 2.45) is 11.7 Å². The van der Waals surface area contributed by atoms with Gasteiger partial charge in [0.05, 0.1) is 0 Å². The topological polar surface area (TPSA) is 78.6 Å². The third kappa shape index (κ3) is 4.47. The van der Waals surface area contributed by atoms with Gasteiger partial charge in [0.2, 0.25) is 5.91 Å². The molecule has 1 atom stereocenters. The second-order valence-electron chi connectivity index (χ2n) is 4.34. The van der Waals surface area contributed by atoms with Crippen molar-refractivity contribution < 1.29 is 9.90 Å². The third-order valence-corrected chi connectivity index (χ3v) is 2.89. The predicted molar refractivity (Wildman–Crippen MR) is 62.9 cm³/mol. The summed E-state index contributed by atoms with van der Waals surface area (Å²) >= 11 is 0. The van der Waals surface area contributed by atoms with Crippen LogP contribution in [0.15, 0.2) is 0 Å². The number of rotatable bonds is 8. The summed E-state index contributed by atoms with van der Waals surface area (Å²) in [7, 11) is 0. The van der Waals surface area contributed by atoms with Crippen LogP contribution in [0.25, 0.3) is 0 Å². The van der Waals surface area contributed by atoms with Gasteiger partial charge in [0, 0.05) is 32.0 Å². The minimum absolute atomic E-state index is 0.122. The second kappa shape index (κ2) is 7.60. The maximum Gasteiger partial charge on any atom is 0.223 e. The molecule has 0 aromatic rings. The summed E-state index contributed by atoms with van der Waals surface area (Å²) in [5, 5.41) is 12.3. The molecule has 1 heterocycles. The van der Waals surface area contributed by atoms with E-state index in [0.717, 1.165) is 45.6 Å². The number of hydrogen-bond donors (Lipinski definition) is 3. The van der Waals surface area contributed by atoms with Crippen LogP contribution in [0.2, 0.25) is 0 Å². The highest BCUT2D eigenvalue weighted by Crippen LogP contribution is 2.16. The average molecular weight is 229 g/mol. The van der Waals surface area contributed by atoms with Crippen molar-refractivity contribution in [1.29, 1.82) is 0 Å². The third-order valence-electron chi connectivity index (χ3n) is 2.89. The van der Waals surface area contributed by atoms with Crippen LogP contribution in [0, 0.1) is 5.92 Å². The molecule has 0 bridgehead atoms. The molecule has 1 rings (SSSR count). The smallest absolute Gasteiger partial charge is 0.223 e. The maximum atomic E-state index is 11.5. The van der Waals surface area contributed by atoms with E-state index in [4.69, 9.17) is 10.8 Å². The Labute approximate surface area is 97.0 Å². The molecule has 0 aromatic carbocycles. The molecule has 0 aliphatic carbocycles. The first kappa shape index (κ1) is 13.4. The van der Waals surface area contributed by atoms with Gasteiger partial charge in [0.1, 0.15) is 0 Å². The highest BCUT2D eigenvalue weighted by Gasteiger charge is 2.28. The standard InChI is InChI=1S/C11H23N3O2/c12-3-1-4-13-5-2-6-14-8-10(9-15)7-11(14)16/h10,13,15H,1-9,12H2. The highest BCUT2D eigenvalue weighted by atomic mass is 16.3. The summed E-state index contributed by atoms with van der Waals surface area (Å²) in [5.41, 5.74) is 5.38. The SMILES string of the molecule is NCCCNCCCN1CC(CO)CC1=O. The molecule has 1 aliphatic rings. The van der Waals surface area contributed by atoms with E-state index in [9.17, 15) is 4.79 Å². The van der Waals surface area contributed by atoms with Crippen LogP contribution in [0.5, 0.6) is 0 Å². The lowest BCUT2D eigenvalue weighted by molar-refractivity contribution is -0.127. The molecule has 5 nitrogen and oxygen atoms in total. The van der Waals surface area contributed by atoms with Crippen LogP contribution < -0.4 is 11.1 Å². The Morgan fingerprint density at radius 2 is 2.19 bits per heavy atom. The monoisotopic (exact) mass is 229 g/mol. The zero-order valence-electron chi connectivity index (χ0n) is 9.82. The van der Waals surface area contributed by atoms with Gasteiger partial charge in [-0.1, -0.05) is 0 Å². The minimum atomic E-state index is 0.122. The largest absolute Gasteiger partial charge is 0.396 e. The van der Waals surface area contributed by atoms with Crippen LogP contribution in [-0.2, 0) is 4.79 Å². The van der Waals surface area contributed by atoms with Crippen LogP contribution in [0.4, 0.5) is 0 Å². The lowest BCUT2D eigenvalue weighted by Gasteiger charge is -2.16. The van der Waals surface area contributed by atoms with Crippen molar-refractivity contribution in [1.82, 2.24) is 10.2 Å². The van der Waals surface area contributed by atoms with Crippen LogP contribution in [-0.4, -0.2) is 55.2 Å². The molecule has 94 valence electrons. The first-order chi connectivity index (χ1) is 7.77. The van der Waals surface area contributed by atoms with Gasteiger partial charge in [-0.3, -0.25) is 4.79 Å². The number of likely N-dealkylation sites (tertiary alicyclic amines) is 1. The van der Waals surface area contributed by atoms with E-state index in [1.54, 1.807) is 0 Å². The zero-order valence-corrected chi connectivity index (χ0v) is 9.82. The van der Waals surface area contributed by atoms with Gasteiger partial charge in [-0.05, 0) is 32.5 Å². The summed E-state index contributed by atoms with van der Waals surface area (Å²) in [6.45, 7) is 4.23. The summed E-state index contributed by atoms with van der Waals surface area (Å²) in [6.07, 6.45) is 2.47. The summed E-state index contributed by atoms with van der Waals surface area (Å²) in [6, 6.07) is 0. The number of amides is 1.